The summed E-state index contributed by atoms with van der Waals surface area (Å²) in [7, 11) is 1.63. The van der Waals surface area contributed by atoms with Crippen LogP contribution in [-0.2, 0) is 0 Å². The highest BCUT2D eigenvalue weighted by Crippen LogP contribution is 2.27. The summed E-state index contributed by atoms with van der Waals surface area (Å²) in [6.07, 6.45) is 2.78. The van der Waals surface area contributed by atoms with Gasteiger partial charge in [0.2, 0.25) is 0 Å². The number of hydrogen-bond donors (Lipinski definition) is 1. The van der Waals surface area contributed by atoms with Crippen LogP contribution >= 0.6 is 0 Å². The number of carbonyl (C=O) groups is 1. The summed E-state index contributed by atoms with van der Waals surface area (Å²) in [5.74, 6) is 1.58. The molecular formula is C16H23NO2. The van der Waals surface area contributed by atoms with Crippen molar-refractivity contribution < 1.29 is 9.53 Å². The van der Waals surface area contributed by atoms with Gasteiger partial charge >= 0.3 is 0 Å². The molecular weight excluding hydrogens is 238 g/mol. The van der Waals surface area contributed by atoms with E-state index >= 15 is 0 Å². The molecule has 19 heavy (non-hydrogen) atoms. The highest BCUT2D eigenvalue weighted by Gasteiger charge is 2.19. The Morgan fingerprint density at radius 2 is 2.21 bits per heavy atom. The van der Waals surface area contributed by atoms with Crippen molar-refractivity contribution in [2.45, 2.75) is 33.1 Å². The normalized spacial score (nSPS) is 18.6. The second kappa shape index (κ2) is 6.20. The molecule has 1 unspecified atom stereocenters. The van der Waals surface area contributed by atoms with Gasteiger partial charge in [0.25, 0.3) is 0 Å². The Hall–Kier alpha value is -1.35. The van der Waals surface area contributed by atoms with Gasteiger partial charge in [-0.15, -0.1) is 0 Å². The van der Waals surface area contributed by atoms with Crippen molar-refractivity contribution in [3.63, 3.8) is 0 Å². The lowest BCUT2D eigenvalue weighted by molar-refractivity contribution is 0.0971. The summed E-state index contributed by atoms with van der Waals surface area (Å²) in [6, 6.07) is 3.99. The Morgan fingerprint density at radius 1 is 1.42 bits per heavy atom. The van der Waals surface area contributed by atoms with E-state index in [0.29, 0.717) is 18.1 Å². The van der Waals surface area contributed by atoms with E-state index in [4.69, 9.17) is 4.74 Å². The molecule has 0 radical (unpaired) electrons. The maximum Gasteiger partial charge on any atom is 0.166 e. The minimum atomic E-state index is 0.209. The molecule has 3 nitrogen and oxygen atoms in total. The smallest absolute Gasteiger partial charge is 0.166 e. The van der Waals surface area contributed by atoms with E-state index in [9.17, 15) is 4.79 Å². The molecule has 1 aromatic carbocycles. The summed E-state index contributed by atoms with van der Waals surface area (Å²) >= 11 is 0. The van der Waals surface area contributed by atoms with Crippen LogP contribution in [0.5, 0.6) is 5.75 Å². The zero-order valence-electron chi connectivity index (χ0n) is 12.1. The fourth-order valence-corrected chi connectivity index (χ4v) is 2.87. The Kier molecular flexibility index (Phi) is 4.59. The van der Waals surface area contributed by atoms with Crippen LogP contribution in [0, 0.1) is 19.8 Å². The Bertz CT molecular complexity index is 462. The first kappa shape index (κ1) is 14.1. The standard InChI is InChI=1S/C16H23NO2/c1-11-8-12(2)16(15(9-11)19-3)14(18)5-4-13-6-7-17-10-13/h8-9,13,17H,4-7,10H2,1-3H3. The first-order valence-electron chi connectivity index (χ1n) is 7.01. The predicted molar refractivity (Wildman–Crippen MR) is 77.0 cm³/mol. The van der Waals surface area contributed by atoms with Crippen molar-refractivity contribution in [3.8, 4) is 5.75 Å². The van der Waals surface area contributed by atoms with Crippen LogP contribution in [0.3, 0.4) is 0 Å². The molecule has 104 valence electrons. The molecule has 1 aliphatic rings. The summed E-state index contributed by atoms with van der Waals surface area (Å²) in [6.45, 7) is 6.15. The Labute approximate surface area is 115 Å². The molecule has 0 amide bonds. The van der Waals surface area contributed by atoms with Crippen LogP contribution in [0.2, 0.25) is 0 Å². The fourth-order valence-electron chi connectivity index (χ4n) is 2.87. The number of ether oxygens (including phenoxy) is 1. The summed E-state index contributed by atoms with van der Waals surface area (Å²) < 4.78 is 5.37. The van der Waals surface area contributed by atoms with Crippen LogP contribution in [0.4, 0.5) is 0 Å². The van der Waals surface area contributed by atoms with Gasteiger partial charge in [-0.25, -0.2) is 0 Å². The van der Waals surface area contributed by atoms with Gasteiger partial charge in [-0.1, -0.05) is 6.07 Å². The van der Waals surface area contributed by atoms with Gasteiger partial charge in [0, 0.05) is 6.42 Å². The number of ketones is 1. The number of aryl methyl sites for hydroxylation is 2. The Balaban J connectivity index is 2.09. The third-order valence-corrected chi connectivity index (χ3v) is 3.88. The van der Waals surface area contributed by atoms with Gasteiger partial charge in [-0.2, -0.15) is 0 Å². The zero-order valence-corrected chi connectivity index (χ0v) is 12.1. The topological polar surface area (TPSA) is 38.3 Å². The molecule has 1 saturated heterocycles. The van der Waals surface area contributed by atoms with E-state index in [1.165, 1.54) is 6.42 Å². The molecule has 0 aromatic heterocycles. The summed E-state index contributed by atoms with van der Waals surface area (Å²) in [5, 5.41) is 3.34. The van der Waals surface area contributed by atoms with Gasteiger partial charge in [0.1, 0.15) is 5.75 Å². The molecule has 2 rings (SSSR count). The molecule has 1 heterocycles. The number of carbonyl (C=O) groups excluding carboxylic acids is 1. The van der Waals surface area contributed by atoms with Gasteiger partial charge in [0.05, 0.1) is 12.7 Å². The van der Waals surface area contributed by atoms with E-state index in [-0.39, 0.29) is 5.78 Å². The molecule has 1 N–H and O–H groups in total. The SMILES string of the molecule is COc1cc(C)cc(C)c1C(=O)CCC1CCNC1. The van der Waals surface area contributed by atoms with E-state index in [0.717, 1.165) is 36.2 Å². The third kappa shape index (κ3) is 3.35. The van der Waals surface area contributed by atoms with Crippen LogP contribution in [0.25, 0.3) is 0 Å². The molecule has 1 fully saturated rings. The minimum absolute atomic E-state index is 0.209. The van der Waals surface area contributed by atoms with Crippen LogP contribution in [0.15, 0.2) is 12.1 Å². The first-order chi connectivity index (χ1) is 9.11. The number of benzene rings is 1. The lowest BCUT2D eigenvalue weighted by Crippen LogP contribution is -2.11. The largest absolute Gasteiger partial charge is 0.496 e. The molecule has 1 aromatic rings. The molecule has 1 atom stereocenters. The predicted octanol–water partition coefficient (Wildman–Crippen LogP) is 2.88. The maximum absolute atomic E-state index is 12.4. The average Bonchev–Trinajstić information content (AvgIpc) is 2.88. The maximum atomic E-state index is 12.4. The zero-order chi connectivity index (χ0) is 13.8. The van der Waals surface area contributed by atoms with Crippen molar-refractivity contribution in [1.29, 1.82) is 0 Å². The van der Waals surface area contributed by atoms with Gasteiger partial charge < -0.3 is 10.1 Å². The van der Waals surface area contributed by atoms with E-state index < -0.39 is 0 Å². The van der Waals surface area contributed by atoms with E-state index in [1.54, 1.807) is 7.11 Å². The fraction of sp³-hybridized carbons (Fsp3) is 0.562. The second-order valence-electron chi connectivity index (χ2n) is 5.48. The number of Topliss-reactive ketones (excluding diaryl/α,β-unsaturated/α-hetero) is 1. The van der Waals surface area contributed by atoms with E-state index in [2.05, 4.69) is 5.32 Å². The van der Waals surface area contributed by atoms with Crippen molar-refractivity contribution in [2.75, 3.05) is 20.2 Å². The summed E-state index contributed by atoms with van der Waals surface area (Å²) in [4.78, 5) is 12.4. The second-order valence-corrected chi connectivity index (χ2v) is 5.48. The van der Waals surface area contributed by atoms with Gasteiger partial charge in [0.15, 0.2) is 5.78 Å². The molecule has 1 aliphatic heterocycles. The summed E-state index contributed by atoms with van der Waals surface area (Å²) in [5.41, 5.74) is 2.91. The van der Waals surface area contributed by atoms with Crippen molar-refractivity contribution in [1.82, 2.24) is 5.32 Å². The lowest BCUT2D eigenvalue weighted by atomic mass is 9.94. The highest BCUT2D eigenvalue weighted by molar-refractivity contribution is 6.00. The van der Waals surface area contributed by atoms with Gasteiger partial charge in [-0.3, -0.25) is 4.79 Å². The van der Waals surface area contributed by atoms with Crippen molar-refractivity contribution in [2.24, 2.45) is 5.92 Å². The number of methoxy groups -OCH3 is 1. The first-order valence-corrected chi connectivity index (χ1v) is 7.01. The number of hydrogen-bond acceptors (Lipinski definition) is 3. The van der Waals surface area contributed by atoms with Crippen LogP contribution in [0.1, 0.15) is 40.7 Å². The highest BCUT2D eigenvalue weighted by atomic mass is 16.5. The monoisotopic (exact) mass is 261 g/mol. The van der Waals surface area contributed by atoms with Crippen LogP contribution < -0.4 is 10.1 Å². The van der Waals surface area contributed by atoms with E-state index in [1.807, 2.05) is 26.0 Å². The average molecular weight is 261 g/mol. The van der Waals surface area contributed by atoms with Gasteiger partial charge in [-0.05, 0) is 62.9 Å². The van der Waals surface area contributed by atoms with Crippen LogP contribution in [-0.4, -0.2) is 26.0 Å². The molecule has 0 saturated carbocycles. The molecule has 0 bridgehead atoms. The molecule has 0 aliphatic carbocycles. The number of nitrogens with one attached hydrogen (secondary N) is 1. The number of rotatable bonds is 5. The third-order valence-electron chi connectivity index (χ3n) is 3.88. The minimum Gasteiger partial charge on any atom is -0.496 e. The molecule has 3 heteroatoms. The Morgan fingerprint density at radius 3 is 2.84 bits per heavy atom. The van der Waals surface area contributed by atoms with Crippen molar-refractivity contribution in [3.05, 3.63) is 28.8 Å². The lowest BCUT2D eigenvalue weighted by Gasteiger charge is -2.13. The molecule has 0 spiro atoms. The quantitative estimate of drug-likeness (QED) is 0.828. The van der Waals surface area contributed by atoms with Crippen molar-refractivity contribution >= 4 is 5.78 Å².